The minimum Gasteiger partial charge on any atom is -0.478 e. The lowest BCUT2D eigenvalue weighted by Crippen LogP contribution is -2.23. The summed E-state index contributed by atoms with van der Waals surface area (Å²) in [5.74, 6) is -0.428. The van der Waals surface area contributed by atoms with Crippen molar-refractivity contribution >= 4 is 11.9 Å². The van der Waals surface area contributed by atoms with Crippen LogP contribution in [0.2, 0.25) is 0 Å². The molecule has 3 atom stereocenters. The van der Waals surface area contributed by atoms with Gasteiger partial charge in [0.15, 0.2) is 0 Å². The molecule has 1 N–H and O–H groups in total. The van der Waals surface area contributed by atoms with Crippen molar-refractivity contribution in [2.24, 2.45) is 11.8 Å². The van der Waals surface area contributed by atoms with Crippen LogP contribution in [-0.2, 0) is 14.3 Å². The Kier molecular flexibility index (Phi) is 2.75. The summed E-state index contributed by atoms with van der Waals surface area (Å²) in [7, 11) is 0. The summed E-state index contributed by atoms with van der Waals surface area (Å²) in [6.07, 6.45) is 6.34. The average molecular weight is 210 g/mol. The van der Waals surface area contributed by atoms with Gasteiger partial charge in [-0.25, -0.2) is 9.59 Å². The molecule has 2 rings (SSSR count). The van der Waals surface area contributed by atoms with Gasteiger partial charge in [-0.2, -0.15) is 0 Å². The highest BCUT2D eigenvalue weighted by Gasteiger charge is 2.41. The molecular weight excluding hydrogens is 196 g/mol. The van der Waals surface area contributed by atoms with Crippen molar-refractivity contribution in [3.8, 4) is 0 Å². The van der Waals surface area contributed by atoms with E-state index in [9.17, 15) is 9.59 Å². The SMILES string of the molecule is O=C(O)/C=C/C(=O)O[C@H]1C[C@H]2CC[C@H]1C2. The third-order valence-corrected chi connectivity index (χ3v) is 3.30. The number of aliphatic carboxylic acids is 1. The topological polar surface area (TPSA) is 63.6 Å². The minimum absolute atomic E-state index is 0.0229. The number of carbonyl (C=O) groups excluding carboxylic acids is 1. The molecule has 2 fully saturated rings. The van der Waals surface area contributed by atoms with Crippen LogP contribution >= 0.6 is 0 Å². The van der Waals surface area contributed by atoms with Gasteiger partial charge in [0.2, 0.25) is 0 Å². The Labute approximate surface area is 87.9 Å². The molecule has 0 aliphatic heterocycles. The summed E-state index contributed by atoms with van der Waals surface area (Å²) in [4.78, 5) is 21.4. The van der Waals surface area contributed by atoms with E-state index < -0.39 is 11.9 Å². The van der Waals surface area contributed by atoms with Gasteiger partial charge in [0.1, 0.15) is 6.10 Å². The van der Waals surface area contributed by atoms with Crippen LogP contribution in [0.5, 0.6) is 0 Å². The van der Waals surface area contributed by atoms with Crippen LogP contribution in [0.1, 0.15) is 25.7 Å². The van der Waals surface area contributed by atoms with Gasteiger partial charge in [0.25, 0.3) is 0 Å². The van der Waals surface area contributed by atoms with E-state index in [1.54, 1.807) is 0 Å². The summed E-state index contributed by atoms with van der Waals surface area (Å²) in [6, 6.07) is 0. The predicted molar refractivity (Wildman–Crippen MR) is 52.1 cm³/mol. The number of carboxylic acids is 1. The Bertz CT molecular complexity index is 308. The normalized spacial score (nSPS) is 33.5. The number of ether oxygens (including phenoxy) is 1. The standard InChI is InChI=1S/C11H14O4/c12-10(13)3-4-11(14)15-9-6-7-1-2-8(9)5-7/h3-4,7-9H,1-2,5-6H2,(H,12,13)/b4-3+/t7-,8-,9-/m0/s1. The molecule has 0 unspecified atom stereocenters. The second kappa shape index (κ2) is 4.04. The van der Waals surface area contributed by atoms with E-state index in [0.717, 1.165) is 30.9 Å². The molecule has 0 radical (unpaired) electrons. The molecule has 2 aliphatic rings. The van der Waals surface area contributed by atoms with Gasteiger partial charge in [0, 0.05) is 12.2 Å². The Hall–Kier alpha value is -1.32. The maximum absolute atomic E-state index is 11.2. The lowest BCUT2D eigenvalue weighted by atomic mass is 9.98. The zero-order valence-corrected chi connectivity index (χ0v) is 8.39. The molecule has 2 aliphatic carbocycles. The first-order valence-electron chi connectivity index (χ1n) is 5.27. The molecule has 0 amide bonds. The lowest BCUT2D eigenvalue weighted by molar-refractivity contribution is -0.145. The largest absolute Gasteiger partial charge is 0.478 e. The second-order valence-electron chi connectivity index (χ2n) is 4.32. The predicted octanol–water partition coefficient (Wildman–Crippen LogP) is 1.36. The lowest BCUT2D eigenvalue weighted by Gasteiger charge is -2.20. The highest BCUT2D eigenvalue weighted by molar-refractivity contribution is 5.90. The third-order valence-electron chi connectivity index (χ3n) is 3.30. The molecule has 4 heteroatoms. The Morgan fingerprint density at radius 2 is 2.00 bits per heavy atom. The van der Waals surface area contributed by atoms with Crippen molar-refractivity contribution in [3.05, 3.63) is 12.2 Å². The molecule has 0 aromatic rings. The molecule has 2 bridgehead atoms. The summed E-state index contributed by atoms with van der Waals surface area (Å²) >= 11 is 0. The van der Waals surface area contributed by atoms with E-state index in [-0.39, 0.29) is 6.10 Å². The molecule has 0 aromatic carbocycles. The van der Waals surface area contributed by atoms with Crippen molar-refractivity contribution in [2.45, 2.75) is 31.8 Å². The first-order chi connectivity index (χ1) is 7.15. The number of fused-ring (bicyclic) bond motifs is 2. The van der Waals surface area contributed by atoms with E-state index in [1.807, 2.05) is 0 Å². The maximum Gasteiger partial charge on any atom is 0.331 e. The Morgan fingerprint density at radius 1 is 1.20 bits per heavy atom. The summed E-state index contributed by atoms with van der Waals surface area (Å²) < 4.78 is 5.21. The molecular formula is C11H14O4. The van der Waals surface area contributed by atoms with E-state index in [4.69, 9.17) is 9.84 Å². The number of esters is 1. The summed E-state index contributed by atoms with van der Waals surface area (Å²) in [5.41, 5.74) is 0. The van der Waals surface area contributed by atoms with Crippen LogP contribution in [0.3, 0.4) is 0 Å². The zero-order chi connectivity index (χ0) is 10.8. The smallest absolute Gasteiger partial charge is 0.331 e. The van der Waals surface area contributed by atoms with E-state index in [1.165, 1.54) is 12.8 Å². The number of hydrogen-bond donors (Lipinski definition) is 1. The van der Waals surface area contributed by atoms with Gasteiger partial charge in [-0.05, 0) is 37.5 Å². The molecule has 4 nitrogen and oxygen atoms in total. The first kappa shape index (κ1) is 10.2. The Morgan fingerprint density at radius 3 is 2.53 bits per heavy atom. The number of rotatable bonds is 3. The van der Waals surface area contributed by atoms with Crippen molar-refractivity contribution in [3.63, 3.8) is 0 Å². The van der Waals surface area contributed by atoms with Crippen LogP contribution in [0.25, 0.3) is 0 Å². The van der Waals surface area contributed by atoms with Gasteiger partial charge >= 0.3 is 11.9 Å². The quantitative estimate of drug-likeness (QED) is 0.564. The Balaban J connectivity index is 1.82. The fraction of sp³-hybridized carbons (Fsp3) is 0.636. The number of hydrogen-bond acceptors (Lipinski definition) is 3. The van der Waals surface area contributed by atoms with Crippen molar-refractivity contribution in [1.82, 2.24) is 0 Å². The summed E-state index contributed by atoms with van der Waals surface area (Å²) in [5, 5.41) is 8.33. The minimum atomic E-state index is -1.13. The van der Waals surface area contributed by atoms with Crippen LogP contribution in [0.15, 0.2) is 12.2 Å². The van der Waals surface area contributed by atoms with Crippen molar-refractivity contribution in [1.29, 1.82) is 0 Å². The number of carbonyl (C=O) groups is 2. The zero-order valence-electron chi connectivity index (χ0n) is 8.39. The highest BCUT2D eigenvalue weighted by Crippen LogP contribution is 2.45. The fourth-order valence-corrected chi connectivity index (χ4v) is 2.66. The van der Waals surface area contributed by atoms with Gasteiger partial charge in [-0.1, -0.05) is 0 Å². The van der Waals surface area contributed by atoms with Gasteiger partial charge in [-0.3, -0.25) is 0 Å². The monoisotopic (exact) mass is 210 g/mol. The fourth-order valence-electron chi connectivity index (χ4n) is 2.66. The molecule has 2 saturated carbocycles. The van der Waals surface area contributed by atoms with Crippen molar-refractivity contribution < 1.29 is 19.4 Å². The highest BCUT2D eigenvalue weighted by atomic mass is 16.5. The molecule has 0 aromatic heterocycles. The molecule has 0 heterocycles. The second-order valence-corrected chi connectivity index (χ2v) is 4.32. The van der Waals surface area contributed by atoms with Gasteiger partial charge < -0.3 is 9.84 Å². The molecule has 0 spiro atoms. The van der Waals surface area contributed by atoms with Crippen LogP contribution in [0, 0.1) is 11.8 Å². The van der Waals surface area contributed by atoms with Crippen molar-refractivity contribution in [2.75, 3.05) is 0 Å². The molecule has 0 saturated heterocycles. The van der Waals surface area contributed by atoms with Gasteiger partial charge in [-0.15, -0.1) is 0 Å². The first-order valence-corrected chi connectivity index (χ1v) is 5.27. The average Bonchev–Trinajstić information content (AvgIpc) is 2.76. The van der Waals surface area contributed by atoms with Crippen LogP contribution in [0.4, 0.5) is 0 Å². The third kappa shape index (κ3) is 2.37. The van der Waals surface area contributed by atoms with E-state index in [2.05, 4.69) is 0 Å². The van der Waals surface area contributed by atoms with Gasteiger partial charge in [0.05, 0.1) is 0 Å². The van der Waals surface area contributed by atoms with E-state index in [0.29, 0.717) is 5.92 Å². The maximum atomic E-state index is 11.2. The van der Waals surface area contributed by atoms with Crippen LogP contribution in [-0.4, -0.2) is 23.1 Å². The molecule has 82 valence electrons. The van der Waals surface area contributed by atoms with E-state index >= 15 is 0 Å². The molecule has 15 heavy (non-hydrogen) atoms. The summed E-state index contributed by atoms with van der Waals surface area (Å²) in [6.45, 7) is 0. The van der Waals surface area contributed by atoms with Crippen LogP contribution < -0.4 is 0 Å². The number of carboxylic acid groups (broad SMARTS) is 1.